The maximum Gasteiger partial charge on any atom is 0.330 e. The molecule has 0 saturated heterocycles. The van der Waals surface area contributed by atoms with Crippen LogP contribution in [0.2, 0.25) is 0 Å². The summed E-state index contributed by atoms with van der Waals surface area (Å²) in [6.45, 7) is 4.76. The molecule has 0 atom stereocenters. The topological polar surface area (TPSA) is 47.0 Å². The highest BCUT2D eigenvalue weighted by Crippen LogP contribution is 2.07. The number of ether oxygens (including phenoxy) is 1. The minimum Gasteiger partial charge on any atom is -0.463 e. The molecule has 0 aliphatic heterocycles. The average molecular weight is 326 g/mol. The summed E-state index contributed by atoms with van der Waals surface area (Å²) in [6, 6.07) is 1.86. The van der Waals surface area contributed by atoms with Gasteiger partial charge in [-0.2, -0.15) is 0 Å². The molecular formula is C15H22N2O2S2. The molecule has 4 nitrogen and oxygen atoms in total. The molecule has 0 fully saturated rings. The zero-order valence-corrected chi connectivity index (χ0v) is 13.8. The van der Waals surface area contributed by atoms with Gasteiger partial charge in [0.25, 0.3) is 0 Å². The van der Waals surface area contributed by atoms with Crippen molar-refractivity contribution in [1.29, 1.82) is 0 Å². The molecule has 1 heterocycles. The van der Waals surface area contributed by atoms with E-state index in [9.17, 15) is 4.79 Å². The van der Waals surface area contributed by atoms with Crippen molar-refractivity contribution in [2.24, 2.45) is 0 Å². The van der Waals surface area contributed by atoms with Crippen LogP contribution in [0.25, 0.3) is 0 Å². The van der Waals surface area contributed by atoms with E-state index in [2.05, 4.69) is 11.6 Å². The van der Waals surface area contributed by atoms with Crippen LogP contribution in [-0.4, -0.2) is 22.1 Å². The van der Waals surface area contributed by atoms with Gasteiger partial charge in [0.05, 0.1) is 6.61 Å². The lowest BCUT2D eigenvalue weighted by Crippen LogP contribution is -2.02. The van der Waals surface area contributed by atoms with Gasteiger partial charge < -0.3 is 14.3 Å². The summed E-state index contributed by atoms with van der Waals surface area (Å²) in [7, 11) is 0. The normalized spacial score (nSPS) is 10.3. The van der Waals surface area contributed by atoms with Gasteiger partial charge in [-0.15, -0.1) is 0 Å². The smallest absolute Gasteiger partial charge is 0.330 e. The number of aromatic nitrogens is 2. The van der Waals surface area contributed by atoms with Gasteiger partial charge in [-0.1, -0.05) is 44.5 Å². The molecule has 1 aromatic heterocycles. The third-order valence-corrected chi connectivity index (χ3v) is 3.68. The van der Waals surface area contributed by atoms with E-state index >= 15 is 0 Å². The second-order valence-corrected chi connectivity index (χ2v) is 5.62. The number of rotatable bonds is 10. The molecule has 0 bridgehead atoms. The molecule has 0 aromatic carbocycles. The van der Waals surface area contributed by atoms with E-state index in [-0.39, 0.29) is 5.97 Å². The maximum absolute atomic E-state index is 10.8. The Balaban J connectivity index is 2.02. The first-order valence-electron chi connectivity index (χ1n) is 7.22. The highest BCUT2D eigenvalue weighted by Gasteiger charge is 1.96. The summed E-state index contributed by atoms with van der Waals surface area (Å²) in [5.74, 6) is -0.339. The summed E-state index contributed by atoms with van der Waals surface area (Å²) in [6.07, 6.45) is 9.76. The number of carbonyl (C=O) groups is 1. The summed E-state index contributed by atoms with van der Waals surface area (Å²) in [4.78, 5) is 13.8. The highest BCUT2D eigenvalue weighted by atomic mass is 32.1. The summed E-state index contributed by atoms with van der Waals surface area (Å²) in [5, 5.41) is 0. The Kier molecular flexibility index (Phi) is 8.85. The van der Waals surface area contributed by atoms with Gasteiger partial charge in [-0.3, -0.25) is 0 Å². The van der Waals surface area contributed by atoms with Crippen LogP contribution in [-0.2, 0) is 16.1 Å². The van der Waals surface area contributed by atoms with Crippen molar-refractivity contribution < 1.29 is 9.53 Å². The Morgan fingerprint density at radius 1 is 1.24 bits per heavy atom. The van der Waals surface area contributed by atoms with Crippen molar-refractivity contribution in [2.75, 3.05) is 6.61 Å². The summed E-state index contributed by atoms with van der Waals surface area (Å²) >= 11 is 10.2. The number of unbranched alkanes of at least 4 members (excludes halogenated alkanes) is 5. The number of H-pyrrole nitrogens is 1. The predicted molar refractivity (Wildman–Crippen MR) is 89.3 cm³/mol. The molecule has 116 valence electrons. The SMILES string of the molecule is C=CC(=O)OCCCCCCCCn1ccc(=S)[nH]c1=S. The van der Waals surface area contributed by atoms with Gasteiger partial charge in [0.15, 0.2) is 4.77 Å². The lowest BCUT2D eigenvalue weighted by molar-refractivity contribution is -0.137. The predicted octanol–water partition coefficient (Wildman–Crippen LogP) is 4.34. The van der Waals surface area contributed by atoms with Crippen LogP contribution < -0.4 is 0 Å². The van der Waals surface area contributed by atoms with E-state index in [1.807, 2.05) is 16.8 Å². The number of carbonyl (C=O) groups excluding carboxylic acids is 1. The molecule has 0 amide bonds. The van der Waals surface area contributed by atoms with Gasteiger partial charge in [0.2, 0.25) is 0 Å². The van der Waals surface area contributed by atoms with Crippen molar-refractivity contribution in [3.63, 3.8) is 0 Å². The summed E-state index contributed by atoms with van der Waals surface area (Å²) in [5.41, 5.74) is 0. The highest BCUT2D eigenvalue weighted by molar-refractivity contribution is 7.72. The van der Waals surface area contributed by atoms with E-state index in [0.29, 0.717) is 16.0 Å². The van der Waals surface area contributed by atoms with Gasteiger partial charge in [-0.05, 0) is 31.1 Å². The largest absolute Gasteiger partial charge is 0.463 e. The van der Waals surface area contributed by atoms with Crippen LogP contribution in [0.1, 0.15) is 38.5 Å². The Hall–Kier alpha value is -1.27. The van der Waals surface area contributed by atoms with Crippen LogP contribution in [0.3, 0.4) is 0 Å². The van der Waals surface area contributed by atoms with E-state index < -0.39 is 0 Å². The van der Waals surface area contributed by atoms with Crippen molar-refractivity contribution >= 4 is 30.4 Å². The first-order valence-corrected chi connectivity index (χ1v) is 8.04. The van der Waals surface area contributed by atoms with E-state index in [0.717, 1.165) is 32.2 Å². The number of hydrogen-bond donors (Lipinski definition) is 1. The fourth-order valence-electron chi connectivity index (χ4n) is 1.94. The first kappa shape index (κ1) is 17.8. The number of nitrogens with zero attached hydrogens (tertiary/aromatic N) is 1. The molecule has 0 unspecified atom stereocenters. The van der Waals surface area contributed by atoms with Crippen LogP contribution in [0.4, 0.5) is 0 Å². The summed E-state index contributed by atoms with van der Waals surface area (Å²) < 4.78 is 8.29. The molecule has 1 N–H and O–H groups in total. The minimum atomic E-state index is -0.339. The van der Waals surface area contributed by atoms with Crippen LogP contribution in [0.5, 0.6) is 0 Å². The Morgan fingerprint density at radius 2 is 1.90 bits per heavy atom. The van der Waals surface area contributed by atoms with Crippen molar-refractivity contribution in [3.05, 3.63) is 34.3 Å². The second kappa shape index (κ2) is 10.5. The monoisotopic (exact) mass is 326 g/mol. The molecule has 0 aliphatic rings. The Bertz CT molecular complexity index is 563. The van der Waals surface area contributed by atoms with E-state index in [4.69, 9.17) is 29.2 Å². The average Bonchev–Trinajstić information content (AvgIpc) is 2.47. The van der Waals surface area contributed by atoms with Crippen molar-refractivity contribution in [3.8, 4) is 0 Å². The van der Waals surface area contributed by atoms with Crippen LogP contribution in [0, 0.1) is 9.41 Å². The molecule has 1 aromatic rings. The fraction of sp³-hybridized carbons (Fsp3) is 0.533. The number of aryl methyl sites for hydroxylation is 1. The van der Waals surface area contributed by atoms with Gasteiger partial charge in [0.1, 0.15) is 4.64 Å². The maximum atomic E-state index is 10.8. The molecular weight excluding hydrogens is 304 g/mol. The molecule has 1 rings (SSSR count). The van der Waals surface area contributed by atoms with E-state index in [1.54, 1.807) is 0 Å². The van der Waals surface area contributed by atoms with Gasteiger partial charge in [-0.25, -0.2) is 4.79 Å². The number of hydrogen-bond acceptors (Lipinski definition) is 4. The quantitative estimate of drug-likeness (QED) is 0.301. The Morgan fingerprint density at radius 3 is 2.57 bits per heavy atom. The number of aromatic amines is 1. The number of nitrogens with one attached hydrogen (secondary N) is 1. The van der Waals surface area contributed by atoms with Gasteiger partial charge >= 0.3 is 5.97 Å². The van der Waals surface area contributed by atoms with E-state index in [1.165, 1.54) is 18.9 Å². The van der Waals surface area contributed by atoms with Crippen LogP contribution >= 0.6 is 24.4 Å². The molecule has 0 aliphatic carbocycles. The third-order valence-electron chi connectivity index (χ3n) is 3.10. The lowest BCUT2D eigenvalue weighted by atomic mass is 10.1. The zero-order chi connectivity index (χ0) is 15.5. The molecule has 0 spiro atoms. The first-order chi connectivity index (χ1) is 10.1. The Labute approximate surface area is 135 Å². The fourth-order valence-corrected chi connectivity index (χ4v) is 2.43. The van der Waals surface area contributed by atoms with Crippen molar-refractivity contribution in [2.45, 2.75) is 45.1 Å². The van der Waals surface area contributed by atoms with Gasteiger partial charge in [0, 0.05) is 18.8 Å². The zero-order valence-electron chi connectivity index (χ0n) is 12.2. The molecule has 6 heteroatoms. The molecule has 21 heavy (non-hydrogen) atoms. The van der Waals surface area contributed by atoms with Crippen LogP contribution in [0.15, 0.2) is 24.9 Å². The standard InChI is InChI=1S/C15H22N2O2S2/c1-2-14(18)19-12-8-6-4-3-5-7-10-17-11-9-13(20)16-15(17)21/h2,9,11H,1,3-8,10,12H2,(H,16,20,21). The lowest BCUT2D eigenvalue weighted by Gasteiger charge is -2.06. The number of esters is 1. The minimum absolute atomic E-state index is 0.339. The molecule has 0 radical (unpaired) electrons. The molecule has 0 saturated carbocycles. The third kappa shape index (κ3) is 7.92. The second-order valence-electron chi connectivity index (χ2n) is 4.80. The van der Waals surface area contributed by atoms with Crippen molar-refractivity contribution in [1.82, 2.24) is 9.55 Å².